The van der Waals surface area contributed by atoms with Gasteiger partial charge in [0.2, 0.25) is 0 Å². The van der Waals surface area contributed by atoms with Crippen LogP contribution in [0.4, 0.5) is 14.9 Å². The molecule has 1 aromatic carbocycles. The lowest BCUT2D eigenvalue weighted by molar-refractivity contribution is 0.0258. The normalized spacial score (nSPS) is 16.6. The lowest BCUT2D eigenvalue weighted by Gasteiger charge is -2.34. The predicted molar refractivity (Wildman–Crippen MR) is 110 cm³/mol. The van der Waals surface area contributed by atoms with E-state index in [0.29, 0.717) is 32.7 Å². The highest BCUT2D eigenvalue weighted by molar-refractivity contribution is 5.78. The van der Waals surface area contributed by atoms with E-state index >= 15 is 0 Å². The van der Waals surface area contributed by atoms with E-state index in [-0.39, 0.29) is 12.8 Å². The molecule has 2 heterocycles. The van der Waals surface area contributed by atoms with E-state index in [4.69, 9.17) is 9.47 Å². The maximum atomic E-state index is 12.7. The Kier molecular flexibility index (Phi) is 6.16. The molecule has 1 amide bonds. The summed E-state index contributed by atoms with van der Waals surface area (Å²) >= 11 is 0. The van der Waals surface area contributed by atoms with Gasteiger partial charge in [0.05, 0.1) is 18.9 Å². The second-order valence-electron chi connectivity index (χ2n) is 8.32. The van der Waals surface area contributed by atoms with Crippen molar-refractivity contribution >= 4 is 17.9 Å². The molecule has 2 aliphatic rings. The number of hydrogen-bond donors (Lipinski definition) is 0. The zero-order valence-corrected chi connectivity index (χ0v) is 17.2. The fourth-order valence-corrected chi connectivity index (χ4v) is 3.91. The molecule has 0 radical (unpaired) electrons. The third kappa shape index (κ3) is 4.42. The summed E-state index contributed by atoms with van der Waals surface area (Å²) in [5.41, 5.74) is 3.95. The summed E-state index contributed by atoms with van der Waals surface area (Å²) in [7, 11) is 0. The lowest BCUT2D eigenvalue weighted by atomic mass is 9.93. The monoisotopic (exact) mass is 390 g/mol. The minimum absolute atomic E-state index is 0.272. The van der Waals surface area contributed by atoms with Gasteiger partial charge < -0.3 is 19.3 Å². The van der Waals surface area contributed by atoms with Crippen LogP contribution in [0.1, 0.15) is 43.9 Å². The minimum Gasteiger partial charge on any atom is -0.490 e. The van der Waals surface area contributed by atoms with Crippen LogP contribution in [-0.4, -0.2) is 56.1 Å². The number of rotatable bonds is 4. The fraction of sp³-hybridized carbons (Fsp3) is 0.591. The Bertz CT molecular complexity index is 742. The molecule has 28 heavy (non-hydrogen) atoms. The van der Waals surface area contributed by atoms with Gasteiger partial charge >= 0.3 is 6.09 Å². The molecule has 3 rings (SSSR count). The summed E-state index contributed by atoms with van der Waals surface area (Å²) in [5.74, 6) is 0.837. The number of carbonyl (C=O) groups excluding carboxylic acids is 1. The van der Waals surface area contributed by atoms with Crippen LogP contribution in [0, 0.1) is 0 Å². The number of alkyl halides is 1. The van der Waals surface area contributed by atoms with Gasteiger partial charge in [0, 0.05) is 25.2 Å². The Hall–Kier alpha value is -2.24. The highest BCUT2D eigenvalue weighted by Crippen LogP contribution is 2.41. The number of nitrogens with zero attached hydrogens (tertiary/aromatic N) is 2. The zero-order chi connectivity index (χ0) is 20.3. The van der Waals surface area contributed by atoms with Crippen LogP contribution in [0.15, 0.2) is 12.6 Å². The summed E-state index contributed by atoms with van der Waals surface area (Å²) in [6, 6.07) is 2.10. The molecular weight excluding hydrogens is 359 g/mol. The van der Waals surface area contributed by atoms with Gasteiger partial charge in [0.1, 0.15) is 18.0 Å². The Morgan fingerprint density at radius 2 is 2.07 bits per heavy atom. The molecule has 5 nitrogen and oxygen atoms in total. The van der Waals surface area contributed by atoms with Gasteiger partial charge in [-0.05, 0) is 57.2 Å². The number of benzene rings is 1. The van der Waals surface area contributed by atoms with Crippen molar-refractivity contribution in [3.05, 3.63) is 29.3 Å². The summed E-state index contributed by atoms with van der Waals surface area (Å²) < 4.78 is 24.2. The number of hydrogen-bond acceptors (Lipinski definition) is 4. The third-order valence-electron chi connectivity index (χ3n) is 5.14. The van der Waals surface area contributed by atoms with Crippen molar-refractivity contribution in [1.29, 1.82) is 0 Å². The molecule has 1 aromatic rings. The van der Waals surface area contributed by atoms with E-state index in [1.165, 1.54) is 11.1 Å². The lowest BCUT2D eigenvalue weighted by Crippen LogP contribution is -2.38. The Labute approximate surface area is 167 Å². The number of halogens is 1. The summed E-state index contributed by atoms with van der Waals surface area (Å²) in [6.45, 7) is 12.6. The van der Waals surface area contributed by atoms with Gasteiger partial charge in [-0.1, -0.05) is 12.7 Å². The quantitative estimate of drug-likeness (QED) is 0.772. The van der Waals surface area contributed by atoms with Gasteiger partial charge in [-0.2, -0.15) is 0 Å². The standard InChI is InChI=1S/C22H31FN2O3/c1-5-17-18-8-12-25(21(26)28-22(2,3)4)11-7-16(18)15-19-20(17)24(10-6-9-23)13-14-27-19/h5,15H,1,6-14H2,2-4H3. The van der Waals surface area contributed by atoms with Crippen molar-refractivity contribution < 1.29 is 18.7 Å². The van der Waals surface area contributed by atoms with Gasteiger partial charge in [0.25, 0.3) is 0 Å². The van der Waals surface area contributed by atoms with Gasteiger partial charge in [0.15, 0.2) is 0 Å². The van der Waals surface area contributed by atoms with Crippen molar-refractivity contribution in [1.82, 2.24) is 4.90 Å². The molecule has 0 atom stereocenters. The van der Waals surface area contributed by atoms with E-state index in [9.17, 15) is 9.18 Å². The molecule has 154 valence electrons. The van der Waals surface area contributed by atoms with Crippen LogP contribution >= 0.6 is 0 Å². The highest BCUT2D eigenvalue weighted by Gasteiger charge is 2.29. The molecular formula is C22H31FN2O3. The second kappa shape index (κ2) is 8.41. The van der Waals surface area contributed by atoms with Crippen LogP contribution in [0.3, 0.4) is 0 Å². The van der Waals surface area contributed by atoms with Gasteiger partial charge in [-0.25, -0.2) is 4.79 Å². The Morgan fingerprint density at radius 3 is 2.75 bits per heavy atom. The maximum Gasteiger partial charge on any atom is 0.410 e. The van der Waals surface area contributed by atoms with Crippen LogP contribution in [0.25, 0.3) is 6.08 Å². The summed E-state index contributed by atoms with van der Waals surface area (Å²) in [5, 5.41) is 0. The number of amides is 1. The molecule has 0 saturated heterocycles. The summed E-state index contributed by atoms with van der Waals surface area (Å²) in [6.07, 6.45) is 3.58. The number of fused-ring (bicyclic) bond motifs is 2. The van der Waals surface area contributed by atoms with Crippen molar-refractivity contribution in [2.75, 3.05) is 44.4 Å². The molecule has 0 aromatic heterocycles. The van der Waals surface area contributed by atoms with Crippen LogP contribution in [-0.2, 0) is 17.6 Å². The number of anilines is 1. The number of carbonyl (C=O) groups is 1. The van der Waals surface area contributed by atoms with Crippen LogP contribution < -0.4 is 9.64 Å². The minimum atomic E-state index is -0.508. The van der Waals surface area contributed by atoms with E-state index in [1.807, 2.05) is 26.8 Å². The molecule has 0 saturated carbocycles. The van der Waals surface area contributed by atoms with Crippen molar-refractivity contribution in [3.8, 4) is 5.75 Å². The van der Waals surface area contributed by atoms with E-state index in [2.05, 4.69) is 17.5 Å². The average molecular weight is 390 g/mol. The predicted octanol–water partition coefficient (Wildman–Crippen LogP) is 4.22. The van der Waals surface area contributed by atoms with E-state index in [0.717, 1.165) is 36.4 Å². The van der Waals surface area contributed by atoms with Crippen molar-refractivity contribution in [2.45, 2.75) is 45.6 Å². The first kappa shape index (κ1) is 20.5. The maximum absolute atomic E-state index is 12.7. The second-order valence-corrected chi connectivity index (χ2v) is 8.32. The number of ether oxygens (including phenoxy) is 2. The smallest absolute Gasteiger partial charge is 0.410 e. The van der Waals surface area contributed by atoms with Crippen LogP contribution in [0.2, 0.25) is 0 Å². The van der Waals surface area contributed by atoms with E-state index < -0.39 is 5.60 Å². The first-order valence-corrected chi connectivity index (χ1v) is 10.1. The molecule has 0 spiro atoms. The SMILES string of the molecule is C=Cc1c2c(cc3c1N(CCCF)CCO3)CCN(C(=O)OC(C)(C)C)CC2. The van der Waals surface area contributed by atoms with Gasteiger partial charge in [-0.15, -0.1) is 0 Å². The highest BCUT2D eigenvalue weighted by atomic mass is 19.1. The van der Waals surface area contributed by atoms with Gasteiger partial charge in [-0.3, -0.25) is 4.39 Å². The topological polar surface area (TPSA) is 42.0 Å². The molecule has 0 N–H and O–H groups in total. The molecule has 0 fully saturated rings. The zero-order valence-electron chi connectivity index (χ0n) is 17.2. The largest absolute Gasteiger partial charge is 0.490 e. The molecule has 6 heteroatoms. The van der Waals surface area contributed by atoms with E-state index in [1.54, 1.807) is 4.90 Å². The van der Waals surface area contributed by atoms with Crippen LogP contribution in [0.5, 0.6) is 5.75 Å². The van der Waals surface area contributed by atoms with Crippen molar-refractivity contribution in [3.63, 3.8) is 0 Å². The average Bonchev–Trinajstić information content (AvgIpc) is 2.85. The Morgan fingerprint density at radius 1 is 1.32 bits per heavy atom. The molecule has 0 aliphatic carbocycles. The first-order chi connectivity index (χ1) is 13.3. The summed E-state index contributed by atoms with van der Waals surface area (Å²) in [4.78, 5) is 16.5. The molecule has 0 unspecified atom stereocenters. The van der Waals surface area contributed by atoms with Crippen molar-refractivity contribution in [2.24, 2.45) is 0 Å². The Balaban J connectivity index is 1.89. The first-order valence-electron chi connectivity index (χ1n) is 10.1. The molecule has 2 aliphatic heterocycles. The fourth-order valence-electron chi connectivity index (χ4n) is 3.91. The molecule has 0 bridgehead atoms. The third-order valence-corrected chi connectivity index (χ3v) is 5.14.